The van der Waals surface area contributed by atoms with E-state index >= 15 is 0 Å². The highest BCUT2D eigenvalue weighted by atomic mass is 16.5. The van der Waals surface area contributed by atoms with E-state index in [4.69, 9.17) is 4.52 Å². The van der Waals surface area contributed by atoms with Crippen molar-refractivity contribution in [2.24, 2.45) is 0 Å². The monoisotopic (exact) mass is 273 g/mol. The number of carbonyl (C=O) groups is 1. The number of hydrogen-bond acceptors (Lipinski definition) is 6. The molecule has 0 aromatic carbocycles. The van der Waals surface area contributed by atoms with Gasteiger partial charge in [0, 0.05) is 18.7 Å². The maximum absolute atomic E-state index is 12.1. The summed E-state index contributed by atoms with van der Waals surface area (Å²) in [6, 6.07) is 3.20. The van der Waals surface area contributed by atoms with Gasteiger partial charge in [-0.3, -0.25) is 4.79 Å². The van der Waals surface area contributed by atoms with E-state index in [2.05, 4.69) is 32.3 Å². The molecular formula is C13H15N5O2. The molecule has 0 saturated carbocycles. The number of aryl methyl sites for hydroxylation is 2. The molecule has 2 aromatic heterocycles. The Morgan fingerprint density at radius 1 is 1.35 bits per heavy atom. The first-order valence-corrected chi connectivity index (χ1v) is 6.03. The van der Waals surface area contributed by atoms with E-state index in [0.29, 0.717) is 29.8 Å². The number of amides is 1. The molecule has 0 aliphatic rings. The molecule has 0 radical (unpaired) electrons. The van der Waals surface area contributed by atoms with Crippen LogP contribution in [0.2, 0.25) is 0 Å². The molecule has 7 heteroatoms. The van der Waals surface area contributed by atoms with Crippen LogP contribution >= 0.6 is 0 Å². The lowest BCUT2D eigenvalue weighted by Gasteiger charge is -2.06. The summed E-state index contributed by atoms with van der Waals surface area (Å²) in [5.74, 6) is 1.67. The number of anilines is 2. The van der Waals surface area contributed by atoms with Crippen molar-refractivity contribution in [1.29, 1.82) is 0 Å². The summed E-state index contributed by atoms with van der Waals surface area (Å²) in [7, 11) is 0. The van der Waals surface area contributed by atoms with E-state index in [1.165, 1.54) is 0 Å². The van der Waals surface area contributed by atoms with E-state index in [1.807, 2.05) is 0 Å². The largest absolute Gasteiger partial charge is 0.366 e. The zero-order chi connectivity index (χ0) is 14.5. The van der Waals surface area contributed by atoms with Gasteiger partial charge in [0.05, 0.1) is 0 Å². The summed E-state index contributed by atoms with van der Waals surface area (Å²) in [6.07, 6.45) is 1.70. The van der Waals surface area contributed by atoms with Gasteiger partial charge in [-0.25, -0.2) is 9.97 Å². The highest BCUT2D eigenvalue weighted by Crippen LogP contribution is 2.11. The lowest BCUT2D eigenvalue weighted by Crippen LogP contribution is -2.16. The molecule has 0 aliphatic heterocycles. The van der Waals surface area contributed by atoms with Crippen LogP contribution in [0.25, 0.3) is 0 Å². The molecule has 104 valence electrons. The predicted molar refractivity (Wildman–Crippen MR) is 74.6 cm³/mol. The Kier molecular flexibility index (Phi) is 4.09. The molecule has 0 atom stereocenters. The van der Waals surface area contributed by atoms with E-state index in [-0.39, 0.29) is 11.6 Å². The number of hydrogen-bond donors (Lipinski definition) is 2. The molecule has 0 bridgehead atoms. The number of aromatic nitrogens is 3. The summed E-state index contributed by atoms with van der Waals surface area (Å²) >= 11 is 0. The first-order chi connectivity index (χ1) is 9.58. The van der Waals surface area contributed by atoms with Gasteiger partial charge in [0.25, 0.3) is 5.91 Å². The van der Waals surface area contributed by atoms with Crippen molar-refractivity contribution in [2.75, 3.05) is 17.2 Å². The number of nitrogens with one attached hydrogen (secondary N) is 2. The van der Waals surface area contributed by atoms with Crippen LogP contribution in [-0.2, 0) is 0 Å². The van der Waals surface area contributed by atoms with Gasteiger partial charge in [-0.05, 0) is 13.8 Å². The van der Waals surface area contributed by atoms with Crippen LogP contribution in [0.15, 0.2) is 29.3 Å². The van der Waals surface area contributed by atoms with Crippen LogP contribution in [0, 0.1) is 13.8 Å². The average Bonchev–Trinajstić information content (AvgIpc) is 2.81. The SMILES string of the molecule is C=CCNc1cc(C(=O)Nc2cc(C)on2)nc(C)n1. The van der Waals surface area contributed by atoms with Crippen LogP contribution in [0.5, 0.6) is 0 Å². The quantitative estimate of drug-likeness (QED) is 0.808. The van der Waals surface area contributed by atoms with Gasteiger partial charge in [-0.2, -0.15) is 0 Å². The molecule has 20 heavy (non-hydrogen) atoms. The van der Waals surface area contributed by atoms with Crippen molar-refractivity contribution in [2.45, 2.75) is 13.8 Å². The van der Waals surface area contributed by atoms with E-state index in [1.54, 1.807) is 32.1 Å². The van der Waals surface area contributed by atoms with Crippen LogP contribution in [0.3, 0.4) is 0 Å². The Balaban J connectivity index is 2.16. The summed E-state index contributed by atoms with van der Waals surface area (Å²) in [4.78, 5) is 20.3. The number of rotatable bonds is 5. The average molecular weight is 273 g/mol. The fourth-order valence-corrected chi connectivity index (χ4v) is 1.56. The molecule has 2 heterocycles. The smallest absolute Gasteiger partial charge is 0.275 e. The number of carbonyl (C=O) groups excluding carboxylic acids is 1. The van der Waals surface area contributed by atoms with Crippen molar-refractivity contribution in [3.05, 3.63) is 42.1 Å². The second-order valence-corrected chi connectivity index (χ2v) is 4.13. The van der Waals surface area contributed by atoms with Crippen LogP contribution < -0.4 is 10.6 Å². The second kappa shape index (κ2) is 5.96. The molecule has 2 N–H and O–H groups in total. The molecule has 2 rings (SSSR count). The first kappa shape index (κ1) is 13.7. The van der Waals surface area contributed by atoms with E-state index < -0.39 is 0 Å². The molecule has 2 aromatic rings. The van der Waals surface area contributed by atoms with Crippen LogP contribution in [0.4, 0.5) is 11.6 Å². The van der Waals surface area contributed by atoms with Gasteiger partial charge in [-0.1, -0.05) is 11.2 Å². The van der Waals surface area contributed by atoms with Gasteiger partial charge in [-0.15, -0.1) is 6.58 Å². The van der Waals surface area contributed by atoms with E-state index in [9.17, 15) is 4.79 Å². The fourth-order valence-electron chi connectivity index (χ4n) is 1.56. The predicted octanol–water partition coefficient (Wildman–Crippen LogP) is 1.93. The third-order valence-electron chi connectivity index (χ3n) is 2.37. The maximum atomic E-state index is 12.1. The fraction of sp³-hybridized carbons (Fsp3) is 0.231. The van der Waals surface area contributed by atoms with Gasteiger partial charge < -0.3 is 15.2 Å². The summed E-state index contributed by atoms with van der Waals surface area (Å²) in [6.45, 7) is 7.63. The van der Waals surface area contributed by atoms with Crippen molar-refractivity contribution < 1.29 is 9.32 Å². The minimum Gasteiger partial charge on any atom is -0.366 e. The molecule has 0 aliphatic carbocycles. The Morgan fingerprint density at radius 2 is 2.15 bits per heavy atom. The summed E-state index contributed by atoms with van der Waals surface area (Å²) in [5.41, 5.74) is 0.254. The molecule has 0 fully saturated rings. The van der Waals surface area contributed by atoms with Crippen molar-refractivity contribution in [3.63, 3.8) is 0 Å². The summed E-state index contributed by atoms with van der Waals surface area (Å²) < 4.78 is 4.88. The standard InChI is InChI=1S/C13H15N5O2/c1-4-5-14-11-7-10(15-9(3)16-11)13(19)17-12-6-8(2)20-18-12/h4,6-7H,1,5H2,2-3H3,(H,14,15,16)(H,17,18,19). The van der Waals surface area contributed by atoms with Gasteiger partial charge in [0.15, 0.2) is 5.82 Å². The lowest BCUT2D eigenvalue weighted by atomic mass is 10.3. The second-order valence-electron chi connectivity index (χ2n) is 4.13. The van der Waals surface area contributed by atoms with Crippen LogP contribution in [0.1, 0.15) is 22.1 Å². The minimum atomic E-state index is -0.370. The lowest BCUT2D eigenvalue weighted by molar-refractivity contribution is 0.102. The first-order valence-electron chi connectivity index (χ1n) is 6.03. The molecule has 0 saturated heterocycles. The Bertz CT molecular complexity index is 635. The van der Waals surface area contributed by atoms with Gasteiger partial charge in [0.1, 0.15) is 23.1 Å². The molecular weight excluding hydrogens is 258 g/mol. The highest BCUT2D eigenvalue weighted by molar-refractivity contribution is 6.02. The Morgan fingerprint density at radius 3 is 2.80 bits per heavy atom. The Hall–Kier alpha value is -2.70. The van der Waals surface area contributed by atoms with Crippen molar-refractivity contribution in [3.8, 4) is 0 Å². The zero-order valence-corrected chi connectivity index (χ0v) is 11.3. The molecule has 0 spiro atoms. The third kappa shape index (κ3) is 3.41. The minimum absolute atomic E-state index is 0.254. The maximum Gasteiger partial charge on any atom is 0.275 e. The van der Waals surface area contributed by atoms with Gasteiger partial charge in [0.2, 0.25) is 0 Å². The highest BCUT2D eigenvalue weighted by Gasteiger charge is 2.12. The molecule has 1 amide bonds. The van der Waals surface area contributed by atoms with E-state index in [0.717, 1.165) is 0 Å². The van der Waals surface area contributed by atoms with Crippen molar-refractivity contribution >= 4 is 17.5 Å². The normalized spacial score (nSPS) is 10.1. The number of nitrogens with zero attached hydrogens (tertiary/aromatic N) is 3. The van der Waals surface area contributed by atoms with Crippen molar-refractivity contribution in [1.82, 2.24) is 15.1 Å². The third-order valence-corrected chi connectivity index (χ3v) is 2.37. The summed E-state index contributed by atoms with van der Waals surface area (Å²) in [5, 5.41) is 9.32. The molecule has 7 nitrogen and oxygen atoms in total. The molecule has 0 unspecified atom stereocenters. The van der Waals surface area contributed by atoms with Crippen LogP contribution in [-0.4, -0.2) is 27.6 Å². The topological polar surface area (TPSA) is 92.9 Å². The zero-order valence-electron chi connectivity index (χ0n) is 11.3. The Labute approximate surface area is 116 Å². The van der Waals surface area contributed by atoms with Gasteiger partial charge >= 0.3 is 0 Å².